The molecular weight excluding hydrogens is 290 g/mol. The lowest BCUT2D eigenvalue weighted by molar-refractivity contribution is -0.134. The van der Waals surface area contributed by atoms with Gasteiger partial charge in [0, 0.05) is 18.7 Å². The van der Waals surface area contributed by atoms with Crippen molar-refractivity contribution in [2.24, 2.45) is 5.41 Å². The number of hydrogen-bond acceptors (Lipinski definition) is 4. The molecule has 0 amide bonds. The van der Waals surface area contributed by atoms with Crippen LogP contribution in [-0.4, -0.2) is 38.6 Å². The molecule has 0 aliphatic carbocycles. The molecule has 0 saturated carbocycles. The van der Waals surface area contributed by atoms with Crippen LogP contribution < -0.4 is 10.1 Å². The molecule has 2 aromatic carbocycles. The molecule has 3 rings (SSSR count). The highest BCUT2D eigenvalue weighted by atomic mass is 16.5. The minimum Gasteiger partial charge on any atom is -0.496 e. The SMILES string of the molecule is COc1cc(-c2ccccc2)ccc1CNCC1(CO)COC1. The molecule has 0 radical (unpaired) electrons. The lowest BCUT2D eigenvalue weighted by Gasteiger charge is -2.40. The van der Waals surface area contributed by atoms with E-state index in [0.29, 0.717) is 19.8 Å². The van der Waals surface area contributed by atoms with Crippen LogP contribution in [0, 0.1) is 5.41 Å². The van der Waals surface area contributed by atoms with E-state index >= 15 is 0 Å². The smallest absolute Gasteiger partial charge is 0.123 e. The zero-order chi connectivity index (χ0) is 16.1. The summed E-state index contributed by atoms with van der Waals surface area (Å²) in [5.41, 5.74) is 3.32. The number of hydrogen-bond donors (Lipinski definition) is 2. The molecule has 23 heavy (non-hydrogen) atoms. The quantitative estimate of drug-likeness (QED) is 0.824. The summed E-state index contributed by atoms with van der Waals surface area (Å²) < 4.78 is 10.8. The lowest BCUT2D eigenvalue weighted by Crippen LogP contribution is -2.52. The van der Waals surface area contributed by atoms with E-state index in [-0.39, 0.29) is 12.0 Å². The number of rotatable bonds is 7. The van der Waals surface area contributed by atoms with Gasteiger partial charge in [0.1, 0.15) is 5.75 Å². The molecule has 0 spiro atoms. The molecule has 1 heterocycles. The van der Waals surface area contributed by atoms with Crippen LogP contribution in [0.1, 0.15) is 5.56 Å². The van der Waals surface area contributed by atoms with E-state index in [0.717, 1.165) is 23.4 Å². The van der Waals surface area contributed by atoms with Gasteiger partial charge in [-0.25, -0.2) is 0 Å². The zero-order valence-corrected chi connectivity index (χ0v) is 13.4. The van der Waals surface area contributed by atoms with Crippen LogP contribution in [0.25, 0.3) is 11.1 Å². The number of methoxy groups -OCH3 is 1. The maximum atomic E-state index is 9.45. The highest BCUT2D eigenvalue weighted by Gasteiger charge is 2.37. The van der Waals surface area contributed by atoms with Crippen LogP contribution in [0.3, 0.4) is 0 Å². The predicted molar refractivity (Wildman–Crippen MR) is 90.5 cm³/mol. The van der Waals surface area contributed by atoms with Gasteiger partial charge in [0.15, 0.2) is 0 Å². The monoisotopic (exact) mass is 313 g/mol. The molecule has 122 valence electrons. The number of nitrogens with one attached hydrogen (secondary N) is 1. The Balaban J connectivity index is 1.68. The van der Waals surface area contributed by atoms with Crippen molar-refractivity contribution in [3.63, 3.8) is 0 Å². The van der Waals surface area contributed by atoms with Gasteiger partial charge >= 0.3 is 0 Å². The standard InChI is InChI=1S/C19H23NO3/c1-22-18-9-16(15-5-3-2-4-6-15)7-8-17(18)10-20-11-19(12-21)13-23-14-19/h2-9,20-21H,10-14H2,1H3. The molecule has 4 heteroatoms. The highest BCUT2D eigenvalue weighted by Crippen LogP contribution is 2.28. The molecule has 2 N–H and O–H groups in total. The summed E-state index contributed by atoms with van der Waals surface area (Å²) in [7, 11) is 1.70. The van der Waals surface area contributed by atoms with Gasteiger partial charge in [-0.1, -0.05) is 42.5 Å². The number of benzene rings is 2. The van der Waals surface area contributed by atoms with Gasteiger partial charge in [0.2, 0.25) is 0 Å². The van der Waals surface area contributed by atoms with Crippen molar-refractivity contribution in [2.75, 3.05) is 33.5 Å². The summed E-state index contributed by atoms with van der Waals surface area (Å²) in [4.78, 5) is 0. The third-order valence-electron chi connectivity index (χ3n) is 4.36. The number of aliphatic hydroxyl groups excluding tert-OH is 1. The minimum absolute atomic E-state index is 0.114. The molecule has 2 aromatic rings. The van der Waals surface area contributed by atoms with Crippen LogP contribution >= 0.6 is 0 Å². The average Bonchev–Trinajstić information content (AvgIpc) is 2.58. The van der Waals surface area contributed by atoms with E-state index in [9.17, 15) is 5.11 Å². The first-order valence-corrected chi connectivity index (χ1v) is 7.88. The first-order chi connectivity index (χ1) is 11.3. The van der Waals surface area contributed by atoms with Gasteiger partial charge in [-0.15, -0.1) is 0 Å². The van der Waals surface area contributed by atoms with Crippen molar-refractivity contribution in [3.05, 3.63) is 54.1 Å². The topological polar surface area (TPSA) is 50.7 Å². The molecule has 4 nitrogen and oxygen atoms in total. The second-order valence-corrected chi connectivity index (χ2v) is 6.15. The third-order valence-corrected chi connectivity index (χ3v) is 4.36. The Hall–Kier alpha value is -1.88. The molecule has 1 aliphatic heterocycles. The van der Waals surface area contributed by atoms with Gasteiger partial charge in [0.25, 0.3) is 0 Å². The molecule has 0 unspecified atom stereocenters. The van der Waals surface area contributed by atoms with Crippen molar-refractivity contribution in [3.8, 4) is 16.9 Å². The number of ether oxygens (including phenoxy) is 2. The second kappa shape index (κ2) is 7.13. The molecular formula is C19H23NO3. The fraction of sp³-hybridized carbons (Fsp3) is 0.368. The van der Waals surface area contributed by atoms with Gasteiger partial charge in [-0.3, -0.25) is 0 Å². The van der Waals surface area contributed by atoms with E-state index in [1.54, 1.807) is 7.11 Å². The number of aliphatic hydroxyl groups is 1. The Labute approximate surface area is 137 Å². The average molecular weight is 313 g/mol. The van der Waals surface area contributed by atoms with Crippen molar-refractivity contribution >= 4 is 0 Å². The fourth-order valence-electron chi connectivity index (χ4n) is 2.80. The summed E-state index contributed by atoms with van der Waals surface area (Å²) in [6.07, 6.45) is 0. The molecule has 1 saturated heterocycles. The first-order valence-electron chi connectivity index (χ1n) is 7.88. The summed E-state index contributed by atoms with van der Waals surface area (Å²) >= 11 is 0. The van der Waals surface area contributed by atoms with Crippen LogP contribution in [0.15, 0.2) is 48.5 Å². The van der Waals surface area contributed by atoms with Crippen LogP contribution in [0.5, 0.6) is 5.75 Å². The normalized spacial score (nSPS) is 15.9. The maximum Gasteiger partial charge on any atom is 0.123 e. The van der Waals surface area contributed by atoms with Crippen LogP contribution in [0.2, 0.25) is 0 Å². The highest BCUT2D eigenvalue weighted by molar-refractivity contribution is 5.66. The maximum absolute atomic E-state index is 9.45. The first kappa shape index (κ1) is 16.0. The lowest BCUT2D eigenvalue weighted by atomic mass is 9.87. The fourth-order valence-corrected chi connectivity index (χ4v) is 2.80. The molecule has 1 fully saturated rings. The summed E-state index contributed by atoms with van der Waals surface area (Å²) in [6, 6.07) is 16.5. The summed E-state index contributed by atoms with van der Waals surface area (Å²) in [5, 5.41) is 12.9. The Morgan fingerprint density at radius 2 is 1.91 bits per heavy atom. The minimum atomic E-state index is -0.114. The van der Waals surface area contributed by atoms with E-state index in [1.807, 2.05) is 18.2 Å². The van der Waals surface area contributed by atoms with Crippen molar-refractivity contribution in [2.45, 2.75) is 6.54 Å². The largest absolute Gasteiger partial charge is 0.496 e. The van der Waals surface area contributed by atoms with E-state index in [4.69, 9.17) is 9.47 Å². The van der Waals surface area contributed by atoms with Gasteiger partial charge in [0.05, 0.1) is 32.3 Å². The Morgan fingerprint density at radius 1 is 1.13 bits per heavy atom. The predicted octanol–water partition coefficient (Wildman–Crippen LogP) is 2.46. The van der Waals surface area contributed by atoms with Crippen LogP contribution in [0.4, 0.5) is 0 Å². The Kier molecular flexibility index (Phi) is 4.96. The molecule has 0 aromatic heterocycles. The Morgan fingerprint density at radius 3 is 2.52 bits per heavy atom. The van der Waals surface area contributed by atoms with E-state index < -0.39 is 0 Å². The second-order valence-electron chi connectivity index (χ2n) is 6.15. The molecule has 0 bridgehead atoms. The third kappa shape index (κ3) is 3.55. The van der Waals surface area contributed by atoms with Crippen molar-refractivity contribution in [1.82, 2.24) is 5.32 Å². The van der Waals surface area contributed by atoms with Crippen LogP contribution in [-0.2, 0) is 11.3 Å². The molecule has 1 aliphatic rings. The summed E-state index contributed by atoms with van der Waals surface area (Å²) in [6.45, 7) is 2.86. The Bertz CT molecular complexity index is 633. The van der Waals surface area contributed by atoms with Crippen molar-refractivity contribution in [1.29, 1.82) is 0 Å². The van der Waals surface area contributed by atoms with E-state index in [2.05, 4.69) is 35.6 Å². The van der Waals surface area contributed by atoms with Gasteiger partial charge in [-0.2, -0.15) is 0 Å². The van der Waals surface area contributed by atoms with Gasteiger partial charge in [-0.05, 0) is 17.2 Å². The van der Waals surface area contributed by atoms with Crippen molar-refractivity contribution < 1.29 is 14.6 Å². The zero-order valence-electron chi connectivity index (χ0n) is 13.4. The van der Waals surface area contributed by atoms with E-state index in [1.165, 1.54) is 5.56 Å². The summed E-state index contributed by atoms with van der Waals surface area (Å²) in [5.74, 6) is 0.877. The molecule has 0 atom stereocenters. The van der Waals surface area contributed by atoms with Gasteiger partial charge < -0.3 is 19.9 Å².